The molecule has 4 aromatic rings. The maximum absolute atomic E-state index is 6.58. The second kappa shape index (κ2) is 11.7. The van der Waals surface area contributed by atoms with E-state index in [1.807, 2.05) is 6.07 Å². The molecule has 2 nitrogen and oxygen atoms in total. The van der Waals surface area contributed by atoms with E-state index in [9.17, 15) is 0 Å². The average Bonchev–Trinajstić information content (AvgIpc) is 2.86. The van der Waals surface area contributed by atoms with E-state index in [2.05, 4.69) is 105 Å². The van der Waals surface area contributed by atoms with E-state index in [4.69, 9.17) is 17.3 Å². The molecule has 0 bridgehead atoms. The van der Waals surface area contributed by atoms with Gasteiger partial charge in [0.05, 0.1) is 0 Å². The number of aryl methyl sites for hydroxylation is 2. The predicted octanol–water partition coefficient (Wildman–Crippen LogP) is 7.39. The van der Waals surface area contributed by atoms with Gasteiger partial charge in [-0.1, -0.05) is 96.0 Å². The van der Waals surface area contributed by atoms with Crippen LogP contribution in [0, 0.1) is 20.8 Å². The van der Waals surface area contributed by atoms with Crippen LogP contribution in [0.4, 0.5) is 0 Å². The molecule has 3 heteroatoms. The van der Waals surface area contributed by atoms with Crippen LogP contribution in [0.3, 0.4) is 0 Å². The Kier molecular flexibility index (Phi) is 8.41. The lowest BCUT2D eigenvalue weighted by Crippen LogP contribution is -2.24. The quantitative estimate of drug-likeness (QED) is 0.261. The fourth-order valence-corrected chi connectivity index (χ4v) is 4.85. The Bertz CT molecular complexity index is 1260. The fraction of sp³-hybridized carbons (Fsp3) is 0.250. The number of nitrogens with one attached hydrogen (secondary N) is 1. The van der Waals surface area contributed by atoms with Crippen LogP contribution in [0.25, 0.3) is 0 Å². The van der Waals surface area contributed by atoms with Gasteiger partial charge in [0, 0.05) is 24.2 Å². The smallest absolute Gasteiger partial charge is 0.0441 e. The standard InChI is InChI=1S/C32H35ClN2/c1-22-7-9-25(10-8-22)17-26-11-13-27(14-12-26)21-35-32(19-28-5-4-6-29(18-28)20-34)30-15-23(2)16-31(33)24(30)3/h4-16,18,32,35H,17,19-21,34H2,1-3H3. The minimum absolute atomic E-state index is 0.146. The monoisotopic (exact) mass is 482 g/mol. The fourth-order valence-electron chi connectivity index (χ4n) is 4.57. The van der Waals surface area contributed by atoms with Gasteiger partial charge in [-0.3, -0.25) is 0 Å². The summed E-state index contributed by atoms with van der Waals surface area (Å²) in [5.74, 6) is 0. The van der Waals surface area contributed by atoms with Crippen molar-refractivity contribution in [2.24, 2.45) is 5.73 Å². The summed E-state index contributed by atoms with van der Waals surface area (Å²) in [6.45, 7) is 7.68. The highest BCUT2D eigenvalue weighted by atomic mass is 35.5. The van der Waals surface area contributed by atoms with E-state index in [-0.39, 0.29) is 6.04 Å². The van der Waals surface area contributed by atoms with Crippen molar-refractivity contribution in [3.05, 3.63) is 140 Å². The van der Waals surface area contributed by atoms with Crippen molar-refractivity contribution in [3.8, 4) is 0 Å². The minimum Gasteiger partial charge on any atom is -0.326 e. The summed E-state index contributed by atoms with van der Waals surface area (Å²) >= 11 is 6.58. The Balaban J connectivity index is 1.51. The third-order valence-electron chi connectivity index (χ3n) is 6.68. The SMILES string of the molecule is Cc1ccc(Cc2ccc(CNC(Cc3cccc(CN)c3)c3cc(C)cc(Cl)c3C)cc2)cc1. The molecule has 0 heterocycles. The van der Waals surface area contributed by atoms with Gasteiger partial charge < -0.3 is 11.1 Å². The first-order chi connectivity index (χ1) is 16.9. The molecule has 0 aliphatic carbocycles. The number of rotatable bonds is 9. The van der Waals surface area contributed by atoms with Crippen LogP contribution in [0.2, 0.25) is 5.02 Å². The second-order valence-corrected chi connectivity index (χ2v) is 10.0. The van der Waals surface area contributed by atoms with Gasteiger partial charge in [0.2, 0.25) is 0 Å². The Hall–Kier alpha value is -2.91. The summed E-state index contributed by atoms with van der Waals surface area (Å²) in [6.07, 6.45) is 1.83. The van der Waals surface area contributed by atoms with Gasteiger partial charge in [-0.15, -0.1) is 0 Å². The van der Waals surface area contributed by atoms with Crippen LogP contribution in [-0.4, -0.2) is 0 Å². The summed E-state index contributed by atoms with van der Waals surface area (Å²) in [7, 11) is 0. The molecule has 4 aromatic carbocycles. The normalized spacial score (nSPS) is 12.0. The van der Waals surface area contributed by atoms with Crippen molar-refractivity contribution >= 4 is 11.6 Å². The van der Waals surface area contributed by atoms with Crippen molar-refractivity contribution in [1.29, 1.82) is 0 Å². The molecule has 0 aliphatic rings. The van der Waals surface area contributed by atoms with Gasteiger partial charge >= 0.3 is 0 Å². The zero-order valence-corrected chi connectivity index (χ0v) is 21.7. The molecular weight excluding hydrogens is 448 g/mol. The molecule has 0 saturated heterocycles. The van der Waals surface area contributed by atoms with E-state index in [0.717, 1.165) is 35.5 Å². The van der Waals surface area contributed by atoms with Crippen LogP contribution in [-0.2, 0) is 25.9 Å². The van der Waals surface area contributed by atoms with Crippen LogP contribution in [0.5, 0.6) is 0 Å². The van der Waals surface area contributed by atoms with Crippen molar-refractivity contribution in [3.63, 3.8) is 0 Å². The molecule has 0 amide bonds. The number of benzene rings is 4. The number of halogens is 1. The minimum atomic E-state index is 0.146. The number of hydrogen-bond acceptors (Lipinski definition) is 2. The molecule has 180 valence electrons. The van der Waals surface area contributed by atoms with Gasteiger partial charge in [-0.25, -0.2) is 0 Å². The third-order valence-corrected chi connectivity index (χ3v) is 7.07. The summed E-state index contributed by atoms with van der Waals surface area (Å²) in [6, 6.07) is 30.7. The van der Waals surface area contributed by atoms with E-state index in [1.165, 1.54) is 38.9 Å². The zero-order valence-electron chi connectivity index (χ0n) is 20.9. The van der Waals surface area contributed by atoms with Crippen molar-refractivity contribution in [2.75, 3.05) is 0 Å². The first-order valence-corrected chi connectivity index (χ1v) is 12.7. The predicted molar refractivity (Wildman–Crippen MR) is 149 cm³/mol. The Morgan fingerprint density at radius 3 is 2.03 bits per heavy atom. The number of nitrogens with two attached hydrogens (primary N) is 1. The molecule has 35 heavy (non-hydrogen) atoms. The van der Waals surface area contributed by atoms with Crippen molar-refractivity contribution in [2.45, 2.75) is 52.7 Å². The molecule has 0 fully saturated rings. The highest BCUT2D eigenvalue weighted by molar-refractivity contribution is 6.31. The largest absolute Gasteiger partial charge is 0.326 e. The summed E-state index contributed by atoms with van der Waals surface area (Å²) < 4.78 is 0. The van der Waals surface area contributed by atoms with E-state index >= 15 is 0 Å². The van der Waals surface area contributed by atoms with Crippen LogP contribution < -0.4 is 11.1 Å². The first-order valence-electron chi connectivity index (χ1n) is 12.3. The van der Waals surface area contributed by atoms with Gasteiger partial charge in [0.15, 0.2) is 0 Å². The lowest BCUT2D eigenvalue weighted by molar-refractivity contribution is 0.527. The highest BCUT2D eigenvalue weighted by Gasteiger charge is 2.17. The second-order valence-electron chi connectivity index (χ2n) is 9.60. The van der Waals surface area contributed by atoms with E-state index in [1.54, 1.807) is 0 Å². The third kappa shape index (κ3) is 6.82. The molecule has 0 radical (unpaired) electrons. The van der Waals surface area contributed by atoms with Gasteiger partial charge in [-0.2, -0.15) is 0 Å². The summed E-state index contributed by atoms with van der Waals surface area (Å²) in [5, 5.41) is 4.64. The lowest BCUT2D eigenvalue weighted by Gasteiger charge is -2.23. The Morgan fingerprint density at radius 1 is 0.714 bits per heavy atom. The van der Waals surface area contributed by atoms with Gasteiger partial charge in [-0.05, 0) is 84.2 Å². The maximum Gasteiger partial charge on any atom is 0.0441 e. The van der Waals surface area contributed by atoms with Crippen LogP contribution >= 0.6 is 11.6 Å². The highest BCUT2D eigenvalue weighted by Crippen LogP contribution is 2.29. The molecule has 0 spiro atoms. The maximum atomic E-state index is 6.58. The van der Waals surface area contributed by atoms with Crippen LogP contribution in [0.15, 0.2) is 84.9 Å². The average molecular weight is 483 g/mol. The summed E-state index contributed by atoms with van der Waals surface area (Å²) in [4.78, 5) is 0. The summed E-state index contributed by atoms with van der Waals surface area (Å²) in [5.41, 5.74) is 17.1. The van der Waals surface area contributed by atoms with Gasteiger partial charge in [0.25, 0.3) is 0 Å². The molecule has 4 rings (SSSR count). The molecule has 1 atom stereocenters. The lowest BCUT2D eigenvalue weighted by atomic mass is 9.93. The van der Waals surface area contributed by atoms with Gasteiger partial charge in [0.1, 0.15) is 0 Å². The molecule has 1 unspecified atom stereocenters. The molecule has 3 N–H and O–H groups in total. The van der Waals surface area contributed by atoms with E-state index in [0.29, 0.717) is 6.54 Å². The first kappa shape index (κ1) is 25.2. The van der Waals surface area contributed by atoms with Crippen LogP contribution in [0.1, 0.15) is 56.1 Å². The van der Waals surface area contributed by atoms with E-state index < -0.39 is 0 Å². The molecule has 0 aliphatic heterocycles. The number of hydrogen-bond donors (Lipinski definition) is 2. The molecule has 0 saturated carbocycles. The Labute approximate surface area is 215 Å². The molecular formula is C32H35ClN2. The Morgan fingerprint density at radius 2 is 1.34 bits per heavy atom. The van der Waals surface area contributed by atoms with Crippen molar-refractivity contribution in [1.82, 2.24) is 5.32 Å². The zero-order chi connectivity index (χ0) is 24.8. The topological polar surface area (TPSA) is 38.0 Å². The van der Waals surface area contributed by atoms with Crippen molar-refractivity contribution < 1.29 is 0 Å². The molecule has 0 aromatic heterocycles.